The molecule has 1 fully saturated rings. The van der Waals surface area contributed by atoms with E-state index in [2.05, 4.69) is 34.3 Å². The van der Waals surface area contributed by atoms with Crippen LogP contribution >= 0.6 is 0 Å². The van der Waals surface area contributed by atoms with Gasteiger partial charge in [-0.25, -0.2) is 9.07 Å². The van der Waals surface area contributed by atoms with Crippen molar-refractivity contribution in [2.24, 2.45) is 0 Å². The van der Waals surface area contributed by atoms with Gasteiger partial charge in [-0.3, -0.25) is 0 Å². The number of aryl methyl sites for hydroxylation is 1. The third kappa shape index (κ3) is 3.28. The van der Waals surface area contributed by atoms with Crippen LogP contribution in [-0.4, -0.2) is 36.1 Å². The summed E-state index contributed by atoms with van der Waals surface area (Å²) in [5.41, 5.74) is 5.01. The highest BCUT2D eigenvalue weighted by Gasteiger charge is 2.13. The number of anilines is 1. The highest BCUT2D eigenvalue weighted by Crippen LogP contribution is 2.27. The molecule has 0 N–H and O–H groups in total. The molecule has 2 heterocycles. The monoisotopic (exact) mass is 337 g/mol. The van der Waals surface area contributed by atoms with Gasteiger partial charge in [0.2, 0.25) is 0 Å². The Labute approximate surface area is 146 Å². The Balaban J connectivity index is 1.61. The van der Waals surface area contributed by atoms with Gasteiger partial charge in [-0.15, -0.1) is 0 Å². The van der Waals surface area contributed by atoms with Crippen molar-refractivity contribution in [1.82, 2.24) is 9.78 Å². The number of hydrogen-bond acceptors (Lipinski definition) is 3. The zero-order valence-electron chi connectivity index (χ0n) is 14.2. The molecule has 4 nitrogen and oxygen atoms in total. The molecular formula is C20H20FN3O. The van der Waals surface area contributed by atoms with Crippen LogP contribution in [0.1, 0.15) is 5.69 Å². The van der Waals surface area contributed by atoms with Crippen molar-refractivity contribution in [2.75, 3.05) is 31.2 Å². The third-order valence-electron chi connectivity index (χ3n) is 4.53. The van der Waals surface area contributed by atoms with Crippen LogP contribution in [0.4, 0.5) is 10.1 Å². The van der Waals surface area contributed by atoms with Gasteiger partial charge < -0.3 is 9.64 Å². The maximum atomic E-state index is 13.4. The van der Waals surface area contributed by atoms with E-state index in [1.807, 2.05) is 19.2 Å². The fraction of sp³-hybridized carbons (Fsp3) is 0.250. The Morgan fingerprint density at radius 2 is 1.76 bits per heavy atom. The van der Waals surface area contributed by atoms with Crippen LogP contribution in [0.3, 0.4) is 0 Å². The van der Waals surface area contributed by atoms with Gasteiger partial charge in [-0.05, 0) is 42.8 Å². The summed E-state index contributed by atoms with van der Waals surface area (Å²) in [5.74, 6) is -0.262. The molecule has 2 aromatic carbocycles. The van der Waals surface area contributed by atoms with E-state index >= 15 is 0 Å². The zero-order chi connectivity index (χ0) is 17.2. The number of rotatable bonds is 3. The Morgan fingerprint density at radius 1 is 1.00 bits per heavy atom. The minimum atomic E-state index is -0.262. The molecule has 0 bridgehead atoms. The number of nitrogens with zero attached hydrogens (tertiary/aromatic N) is 3. The van der Waals surface area contributed by atoms with E-state index in [1.165, 1.54) is 17.8 Å². The molecule has 0 unspecified atom stereocenters. The molecule has 1 aliphatic rings. The number of aromatic nitrogens is 2. The fourth-order valence-electron chi connectivity index (χ4n) is 3.17. The number of benzene rings is 2. The van der Waals surface area contributed by atoms with E-state index in [9.17, 15) is 4.39 Å². The van der Waals surface area contributed by atoms with E-state index in [-0.39, 0.29) is 5.82 Å². The SMILES string of the molecule is Cc1nn(-c2cccc(F)c2)cc1-c1ccc(N2CCOCC2)cc1. The summed E-state index contributed by atoms with van der Waals surface area (Å²) in [7, 11) is 0. The summed E-state index contributed by atoms with van der Waals surface area (Å²) in [5, 5.41) is 4.53. The lowest BCUT2D eigenvalue weighted by Crippen LogP contribution is -2.36. The molecule has 1 aromatic heterocycles. The van der Waals surface area contributed by atoms with Crippen molar-refractivity contribution in [3.05, 3.63) is 66.2 Å². The molecule has 0 radical (unpaired) electrons. The van der Waals surface area contributed by atoms with Crippen LogP contribution in [0.5, 0.6) is 0 Å². The molecule has 1 aliphatic heterocycles. The summed E-state index contributed by atoms with van der Waals surface area (Å²) in [6, 6.07) is 15.0. The number of halogens is 1. The van der Waals surface area contributed by atoms with Gasteiger partial charge in [0, 0.05) is 30.5 Å². The second-order valence-corrected chi connectivity index (χ2v) is 6.20. The predicted octanol–water partition coefficient (Wildman–Crippen LogP) is 3.82. The smallest absolute Gasteiger partial charge is 0.125 e. The Bertz CT molecular complexity index is 867. The van der Waals surface area contributed by atoms with Crippen molar-refractivity contribution in [1.29, 1.82) is 0 Å². The summed E-state index contributed by atoms with van der Waals surface area (Å²) in [4.78, 5) is 2.33. The quantitative estimate of drug-likeness (QED) is 0.728. The lowest BCUT2D eigenvalue weighted by Gasteiger charge is -2.28. The largest absolute Gasteiger partial charge is 0.378 e. The van der Waals surface area contributed by atoms with Crippen molar-refractivity contribution in [3.63, 3.8) is 0 Å². The van der Waals surface area contributed by atoms with E-state index in [4.69, 9.17) is 4.74 Å². The maximum Gasteiger partial charge on any atom is 0.125 e. The van der Waals surface area contributed by atoms with Crippen LogP contribution in [0.15, 0.2) is 54.7 Å². The van der Waals surface area contributed by atoms with E-state index < -0.39 is 0 Å². The fourth-order valence-corrected chi connectivity index (χ4v) is 3.17. The molecule has 25 heavy (non-hydrogen) atoms. The number of hydrogen-bond donors (Lipinski definition) is 0. The van der Waals surface area contributed by atoms with Crippen molar-refractivity contribution in [2.45, 2.75) is 6.92 Å². The standard InChI is InChI=1S/C20H20FN3O/c1-15-20(14-24(22-15)19-4-2-3-17(21)13-19)16-5-7-18(8-6-16)23-9-11-25-12-10-23/h2-8,13-14H,9-12H2,1H3. The molecular weight excluding hydrogens is 317 g/mol. The van der Waals surface area contributed by atoms with Gasteiger partial charge in [-0.1, -0.05) is 18.2 Å². The van der Waals surface area contributed by atoms with E-state index in [0.717, 1.165) is 48.8 Å². The first kappa shape index (κ1) is 15.8. The van der Waals surface area contributed by atoms with Gasteiger partial charge in [0.15, 0.2) is 0 Å². The van der Waals surface area contributed by atoms with Gasteiger partial charge in [0.1, 0.15) is 5.82 Å². The molecule has 128 valence electrons. The van der Waals surface area contributed by atoms with Crippen LogP contribution in [-0.2, 0) is 4.74 Å². The minimum Gasteiger partial charge on any atom is -0.378 e. The topological polar surface area (TPSA) is 30.3 Å². The molecule has 4 rings (SSSR count). The first-order chi connectivity index (χ1) is 12.2. The highest BCUT2D eigenvalue weighted by atomic mass is 19.1. The van der Waals surface area contributed by atoms with Crippen molar-refractivity contribution >= 4 is 5.69 Å². The summed E-state index contributed by atoms with van der Waals surface area (Å²) >= 11 is 0. The number of ether oxygens (including phenoxy) is 1. The first-order valence-electron chi connectivity index (χ1n) is 8.46. The Morgan fingerprint density at radius 3 is 2.48 bits per heavy atom. The van der Waals surface area contributed by atoms with E-state index in [0.29, 0.717) is 0 Å². The van der Waals surface area contributed by atoms with Crippen LogP contribution in [0.25, 0.3) is 16.8 Å². The van der Waals surface area contributed by atoms with Crippen molar-refractivity contribution in [3.8, 4) is 16.8 Å². The molecule has 1 saturated heterocycles. The number of morpholine rings is 1. The third-order valence-corrected chi connectivity index (χ3v) is 4.53. The lowest BCUT2D eigenvalue weighted by molar-refractivity contribution is 0.122. The van der Waals surface area contributed by atoms with Crippen LogP contribution < -0.4 is 4.90 Å². The predicted molar refractivity (Wildman–Crippen MR) is 96.7 cm³/mol. The zero-order valence-corrected chi connectivity index (χ0v) is 14.2. The van der Waals surface area contributed by atoms with Crippen LogP contribution in [0.2, 0.25) is 0 Å². The summed E-state index contributed by atoms with van der Waals surface area (Å²) < 4.78 is 20.6. The second kappa shape index (κ2) is 6.69. The van der Waals surface area contributed by atoms with Gasteiger partial charge in [0.25, 0.3) is 0 Å². The minimum absolute atomic E-state index is 0.262. The first-order valence-corrected chi connectivity index (χ1v) is 8.46. The molecule has 5 heteroatoms. The Hall–Kier alpha value is -2.66. The molecule has 3 aromatic rings. The second-order valence-electron chi connectivity index (χ2n) is 6.20. The molecule has 0 saturated carbocycles. The summed E-state index contributed by atoms with van der Waals surface area (Å²) in [6.07, 6.45) is 1.95. The molecule has 0 amide bonds. The molecule has 0 spiro atoms. The Kier molecular flexibility index (Phi) is 4.24. The molecule has 0 aliphatic carbocycles. The molecule has 0 atom stereocenters. The van der Waals surface area contributed by atoms with Crippen molar-refractivity contribution < 1.29 is 9.13 Å². The normalized spacial score (nSPS) is 14.7. The van der Waals surface area contributed by atoms with E-state index in [1.54, 1.807) is 10.7 Å². The van der Waals surface area contributed by atoms with Gasteiger partial charge in [0.05, 0.1) is 24.6 Å². The average molecular weight is 337 g/mol. The van der Waals surface area contributed by atoms with Gasteiger partial charge >= 0.3 is 0 Å². The lowest BCUT2D eigenvalue weighted by atomic mass is 10.1. The highest BCUT2D eigenvalue weighted by molar-refractivity contribution is 5.68. The maximum absolute atomic E-state index is 13.4. The van der Waals surface area contributed by atoms with Crippen LogP contribution in [0, 0.1) is 12.7 Å². The average Bonchev–Trinajstić information content (AvgIpc) is 3.04. The van der Waals surface area contributed by atoms with Gasteiger partial charge in [-0.2, -0.15) is 5.10 Å². The summed E-state index contributed by atoms with van der Waals surface area (Å²) in [6.45, 7) is 5.38.